The lowest BCUT2D eigenvalue weighted by atomic mass is 10.0. The Hall–Kier alpha value is -0.920. The summed E-state index contributed by atoms with van der Waals surface area (Å²) in [5.41, 5.74) is 7.90. The summed E-state index contributed by atoms with van der Waals surface area (Å²) < 4.78 is 33.4. The van der Waals surface area contributed by atoms with Gasteiger partial charge in [-0.15, -0.1) is 12.4 Å². The molecule has 1 saturated carbocycles. The molecule has 0 aromatic heterocycles. The number of nitrogens with one attached hydrogen (secondary N) is 1. The molecule has 0 spiro atoms. The molecule has 0 radical (unpaired) electrons. The van der Waals surface area contributed by atoms with E-state index in [4.69, 9.17) is 10.5 Å². The molecule has 0 unspecified atom stereocenters. The minimum Gasteiger partial charge on any atom is -0.381 e. The van der Waals surface area contributed by atoms with Gasteiger partial charge in [-0.25, -0.2) is 13.1 Å². The van der Waals surface area contributed by atoms with Gasteiger partial charge in [-0.3, -0.25) is 0 Å². The van der Waals surface area contributed by atoms with E-state index >= 15 is 0 Å². The molecule has 3 rings (SSSR count). The maximum Gasteiger partial charge on any atom is 0.240 e. The summed E-state index contributed by atoms with van der Waals surface area (Å²) in [7, 11) is -3.53. The highest BCUT2D eigenvalue weighted by atomic mass is 35.5. The van der Waals surface area contributed by atoms with E-state index in [0.717, 1.165) is 11.1 Å². The molecule has 1 saturated heterocycles. The van der Waals surface area contributed by atoms with Crippen LogP contribution in [0.5, 0.6) is 0 Å². The van der Waals surface area contributed by atoms with Crippen LogP contribution in [0, 0.1) is 5.92 Å². The smallest absolute Gasteiger partial charge is 0.240 e. The number of hydrogen-bond acceptors (Lipinski definition) is 4. The molecule has 2 aliphatic rings. The number of sulfonamides is 1. The summed E-state index contributed by atoms with van der Waals surface area (Å²) in [6, 6.07) is 5.02. The molecule has 1 atom stereocenters. The summed E-state index contributed by atoms with van der Waals surface area (Å²) in [6.45, 7) is 3.12. The quantitative estimate of drug-likeness (QED) is 0.787. The second kappa shape index (κ2) is 8.64. The number of rotatable bonds is 6. The number of nitrogens with two attached hydrogens (primary N) is 1. The standard InChI is InChI=1S/C18H26N2O3S.ClH/c1-13(19)18-7-6-17(12-15(18)5-4-14-2-3-14)24(21,22)20-16-8-10-23-11-9-16;/h4-7,12-14,16,20H,2-3,8-11,19H2,1H3;1H/b5-4+;/t13-;/m0./s1. The van der Waals surface area contributed by atoms with Gasteiger partial charge in [0.15, 0.2) is 0 Å². The van der Waals surface area contributed by atoms with Crippen LogP contribution in [0.15, 0.2) is 29.2 Å². The Kier molecular flexibility index (Phi) is 7.05. The van der Waals surface area contributed by atoms with Crippen molar-refractivity contribution in [3.63, 3.8) is 0 Å². The van der Waals surface area contributed by atoms with Crippen molar-refractivity contribution < 1.29 is 13.2 Å². The third-order valence-corrected chi connectivity index (χ3v) is 6.09. The monoisotopic (exact) mass is 386 g/mol. The average molecular weight is 387 g/mol. The zero-order chi connectivity index (χ0) is 17.2. The number of benzene rings is 1. The van der Waals surface area contributed by atoms with Crippen LogP contribution >= 0.6 is 12.4 Å². The molecule has 7 heteroatoms. The normalized spacial score (nSPS) is 20.4. The Morgan fingerprint density at radius 1 is 1.24 bits per heavy atom. The highest BCUT2D eigenvalue weighted by Gasteiger charge is 2.23. The zero-order valence-electron chi connectivity index (χ0n) is 14.5. The lowest BCUT2D eigenvalue weighted by Crippen LogP contribution is -2.38. The van der Waals surface area contributed by atoms with Crippen molar-refractivity contribution >= 4 is 28.5 Å². The van der Waals surface area contributed by atoms with Gasteiger partial charge < -0.3 is 10.5 Å². The van der Waals surface area contributed by atoms with Crippen molar-refractivity contribution in [2.45, 2.75) is 49.6 Å². The SMILES string of the molecule is C[C@H](N)c1ccc(S(=O)(=O)NC2CCOCC2)cc1/C=C/C1CC1.Cl. The number of allylic oxidation sites excluding steroid dienone is 1. The molecule has 3 N–H and O–H groups in total. The Morgan fingerprint density at radius 3 is 2.52 bits per heavy atom. The van der Waals surface area contributed by atoms with E-state index in [0.29, 0.717) is 36.9 Å². The van der Waals surface area contributed by atoms with Crippen LogP contribution in [0.4, 0.5) is 0 Å². The summed E-state index contributed by atoms with van der Waals surface area (Å²) in [6.07, 6.45) is 8.03. The second-order valence-electron chi connectivity index (χ2n) is 6.78. The Morgan fingerprint density at radius 2 is 1.92 bits per heavy atom. The molecular formula is C18H27ClN2O3S. The summed E-state index contributed by atoms with van der Waals surface area (Å²) in [5, 5.41) is 0. The first-order valence-electron chi connectivity index (χ1n) is 8.63. The molecule has 1 aliphatic heterocycles. The highest BCUT2D eigenvalue weighted by molar-refractivity contribution is 7.89. The first kappa shape index (κ1) is 20.4. The molecule has 1 aromatic rings. The topological polar surface area (TPSA) is 81.4 Å². The van der Waals surface area contributed by atoms with E-state index in [1.165, 1.54) is 12.8 Å². The largest absolute Gasteiger partial charge is 0.381 e. The Bertz CT molecular complexity index is 709. The van der Waals surface area contributed by atoms with Gasteiger partial charge in [-0.1, -0.05) is 18.2 Å². The molecule has 0 bridgehead atoms. The van der Waals surface area contributed by atoms with Crippen LogP contribution in [0.25, 0.3) is 6.08 Å². The Labute approximate surface area is 156 Å². The third kappa shape index (κ3) is 5.53. The van der Waals surface area contributed by atoms with Crippen LogP contribution in [0.1, 0.15) is 49.8 Å². The number of ether oxygens (including phenoxy) is 1. The maximum atomic E-state index is 12.7. The predicted octanol–water partition coefficient (Wildman–Crippen LogP) is 3.01. The van der Waals surface area contributed by atoms with Gasteiger partial charge in [0.05, 0.1) is 4.90 Å². The fourth-order valence-corrected chi connectivity index (χ4v) is 4.25. The van der Waals surface area contributed by atoms with Gasteiger partial charge in [0.1, 0.15) is 0 Å². The molecule has 140 valence electrons. The first-order chi connectivity index (χ1) is 11.5. The molecule has 2 fully saturated rings. The third-order valence-electron chi connectivity index (χ3n) is 4.57. The van der Waals surface area contributed by atoms with Gasteiger partial charge >= 0.3 is 0 Å². The van der Waals surface area contributed by atoms with Crippen LogP contribution < -0.4 is 10.5 Å². The van der Waals surface area contributed by atoms with E-state index in [2.05, 4.69) is 10.8 Å². The molecular weight excluding hydrogens is 360 g/mol. The molecule has 25 heavy (non-hydrogen) atoms. The van der Waals surface area contributed by atoms with Crippen molar-refractivity contribution in [1.82, 2.24) is 4.72 Å². The van der Waals surface area contributed by atoms with E-state index in [9.17, 15) is 8.42 Å². The van der Waals surface area contributed by atoms with Crippen molar-refractivity contribution in [2.24, 2.45) is 11.7 Å². The van der Waals surface area contributed by atoms with E-state index in [1.807, 2.05) is 19.1 Å². The lowest BCUT2D eigenvalue weighted by Gasteiger charge is -2.23. The molecule has 0 amide bonds. The van der Waals surface area contributed by atoms with Crippen molar-refractivity contribution in [1.29, 1.82) is 0 Å². The number of halogens is 1. The molecule has 1 aromatic carbocycles. The zero-order valence-corrected chi connectivity index (χ0v) is 16.1. The molecule has 1 aliphatic carbocycles. The van der Waals surface area contributed by atoms with Crippen LogP contribution in [-0.2, 0) is 14.8 Å². The van der Waals surface area contributed by atoms with Crippen LogP contribution in [-0.4, -0.2) is 27.7 Å². The van der Waals surface area contributed by atoms with Crippen molar-refractivity contribution in [3.05, 3.63) is 35.4 Å². The minimum atomic E-state index is -3.53. The van der Waals surface area contributed by atoms with Crippen molar-refractivity contribution in [3.8, 4) is 0 Å². The van der Waals surface area contributed by atoms with E-state index in [-0.39, 0.29) is 24.5 Å². The number of hydrogen-bond donors (Lipinski definition) is 2. The van der Waals surface area contributed by atoms with E-state index < -0.39 is 10.0 Å². The van der Waals surface area contributed by atoms with Gasteiger partial charge in [0.2, 0.25) is 10.0 Å². The van der Waals surface area contributed by atoms with Crippen molar-refractivity contribution in [2.75, 3.05) is 13.2 Å². The first-order valence-corrected chi connectivity index (χ1v) is 10.1. The predicted molar refractivity (Wildman–Crippen MR) is 102 cm³/mol. The molecule has 5 nitrogen and oxygen atoms in total. The summed E-state index contributed by atoms with van der Waals surface area (Å²) in [4.78, 5) is 0.300. The summed E-state index contributed by atoms with van der Waals surface area (Å²) >= 11 is 0. The van der Waals surface area contributed by atoms with Crippen LogP contribution in [0.3, 0.4) is 0 Å². The highest BCUT2D eigenvalue weighted by Crippen LogP contribution is 2.32. The van der Waals surface area contributed by atoms with Gasteiger partial charge in [0.25, 0.3) is 0 Å². The Balaban J connectivity index is 0.00000225. The lowest BCUT2D eigenvalue weighted by molar-refractivity contribution is 0.0832. The molecule has 1 heterocycles. The summed E-state index contributed by atoms with van der Waals surface area (Å²) in [5.74, 6) is 0.631. The fourth-order valence-electron chi connectivity index (χ4n) is 2.91. The van der Waals surface area contributed by atoms with Crippen LogP contribution in [0.2, 0.25) is 0 Å². The minimum absolute atomic E-state index is 0. The van der Waals surface area contributed by atoms with Gasteiger partial charge in [0, 0.05) is 25.3 Å². The average Bonchev–Trinajstić information content (AvgIpc) is 3.37. The second-order valence-corrected chi connectivity index (χ2v) is 8.50. The van der Waals surface area contributed by atoms with Gasteiger partial charge in [-0.05, 0) is 61.8 Å². The van der Waals surface area contributed by atoms with Gasteiger partial charge in [-0.2, -0.15) is 0 Å². The van der Waals surface area contributed by atoms with E-state index in [1.54, 1.807) is 12.1 Å². The maximum absolute atomic E-state index is 12.7. The fraction of sp³-hybridized carbons (Fsp3) is 0.556.